The fourth-order valence-corrected chi connectivity index (χ4v) is 4.53. The van der Waals surface area contributed by atoms with Gasteiger partial charge in [0.1, 0.15) is 17.1 Å². The number of carbonyl (C=O) groups is 3. The summed E-state index contributed by atoms with van der Waals surface area (Å²) >= 11 is 1.45. The molecule has 0 bridgehead atoms. The number of nitro benzene ring substituents is 1. The van der Waals surface area contributed by atoms with E-state index in [0.29, 0.717) is 16.3 Å². The maximum Gasteiger partial charge on any atom is 0.282 e. The highest BCUT2D eigenvalue weighted by atomic mass is 32.1. The Balaban J connectivity index is 1.31. The molecule has 0 atom stereocenters. The van der Waals surface area contributed by atoms with Gasteiger partial charge in [-0.25, -0.2) is 4.98 Å². The maximum absolute atomic E-state index is 12.7. The molecular weight excluding hydrogens is 470 g/mol. The summed E-state index contributed by atoms with van der Waals surface area (Å²) in [5, 5.41) is 16.6. The first-order valence-corrected chi connectivity index (χ1v) is 11.2. The molecule has 0 spiro atoms. The highest BCUT2D eigenvalue weighted by Crippen LogP contribution is 2.31. The van der Waals surface area contributed by atoms with E-state index in [-0.39, 0.29) is 11.1 Å². The summed E-state index contributed by atoms with van der Waals surface area (Å²) in [6.07, 6.45) is 1.69. The van der Waals surface area contributed by atoms with Crippen molar-refractivity contribution in [2.24, 2.45) is 0 Å². The Kier molecular flexibility index (Phi) is 5.59. The molecule has 3 amide bonds. The average Bonchev–Trinajstić information content (AvgIpc) is 3.45. The van der Waals surface area contributed by atoms with Crippen molar-refractivity contribution in [2.45, 2.75) is 0 Å². The van der Waals surface area contributed by atoms with Crippen molar-refractivity contribution >= 4 is 40.4 Å². The van der Waals surface area contributed by atoms with Crippen molar-refractivity contribution in [3.8, 4) is 22.0 Å². The summed E-state index contributed by atoms with van der Waals surface area (Å²) in [7, 11) is 0. The number of fused-ring (bicyclic) bond motifs is 1. The van der Waals surface area contributed by atoms with E-state index >= 15 is 0 Å². The van der Waals surface area contributed by atoms with Crippen LogP contribution in [0.25, 0.3) is 22.0 Å². The molecule has 1 N–H and O–H groups in total. The number of anilines is 1. The summed E-state index contributed by atoms with van der Waals surface area (Å²) < 4.78 is 0. The van der Waals surface area contributed by atoms with E-state index in [1.54, 1.807) is 24.4 Å². The third-order valence-corrected chi connectivity index (χ3v) is 6.17. The number of pyridine rings is 1. The molecule has 0 aliphatic carbocycles. The highest BCUT2D eigenvalue weighted by Gasteiger charge is 2.41. The number of hydrogen-bond donors (Lipinski definition) is 1. The second kappa shape index (κ2) is 8.88. The van der Waals surface area contributed by atoms with Gasteiger partial charge in [-0.2, -0.15) is 0 Å². The summed E-state index contributed by atoms with van der Waals surface area (Å²) in [4.78, 5) is 58.1. The molecule has 2 aromatic carbocycles. The molecule has 0 saturated carbocycles. The minimum Gasteiger partial charge on any atom is -0.325 e. The molecule has 0 fully saturated rings. The standard InChI is InChI=1S/C24H15N5O5S/c30-20(12-28-23(31)16-7-4-9-19(29(33)34)21(16)24(28)32)26-15-6-3-5-14(11-15)18-13-35-22(27-18)17-8-1-2-10-25-17/h1-11,13H,12H2,(H,26,30). The van der Waals surface area contributed by atoms with Gasteiger partial charge in [-0.1, -0.05) is 24.3 Å². The van der Waals surface area contributed by atoms with Crippen LogP contribution in [0.15, 0.2) is 72.2 Å². The quantitative estimate of drug-likeness (QED) is 0.248. The van der Waals surface area contributed by atoms with Crippen LogP contribution >= 0.6 is 11.3 Å². The van der Waals surface area contributed by atoms with Crippen LogP contribution in [0.3, 0.4) is 0 Å². The van der Waals surface area contributed by atoms with Gasteiger partial charge in [0.2, 0.25) is 5.91 Å². The van der Waals surface area contributed by atoms with E-state index in [0.717, 1.165) is 22.3 Å². The zero-order valence-electron chi connectivity index (χ0n) is 17.9. The topological polar surface area (TPSA) is 135 Å². The zero-order valence-corrected chi connectivity index (χ0v) is 18.7. The summed E-state index contributed by atoms with van der Waals surface area (Å²) in [6, 6.07) is 16.4. The van der Waals surface area contributed by atoms with Gasteiger partial charge in [-0.15, -0.1) is 11.3 Å². The maximum atomic E-state index is 12.7. The SMILES string of the molecule is O=C(CN1C(=O)c2cccc([N+](=O)[O-])c2C1=O)Nc1cccc(-c2csc(-c3ccccn3)n2)c1. The lowest BCUT2D eigenvalue weighted by molar-refractivity contribution is -0.385. The molecule has 3 heterocycles. The molecule has 1 aliphatic rings. The van der Waals surface area contributed by atoms with Gasteiger partial charge in [-0.3, -0.25) is 34.4 Å². The Bertz CT molecular complexity index is 1500. The lowest BCUT2D eigenvalue weighted by Crippen LogP contribution is -2.37. The minimum absolute atomic E-state index is 0.0914. The smallest absolute Gasteiger partial charge is 0.282 e. The number of imide groups is 1. The van der Waals surface area contributed by atoms with Crippen molar-refractivity contribution in [2.75, 3.05) is 11.9 Å². The second-order valence-corrected chi connectivity index (χ2v) is 8.39. The van der Waals surface area contributed by atoms with Gasteiger partial charge in [0.05, 0.1) is 21.9 Å². The van der Waals surface area contributed by atoms with Crippen molar-refractivity contribution < 1.29 is 19.3 Å². The van der Waals surface area contributed by atoms with Gasteiger partial charge in [0.25, 0.3) is 17.5 Å². The molecule has 1 aliphatic heterocycles. The molecule has 0 radical (unpaired) electrons. The van der Waals surface area contributed by atoms with E-state index in [9.17, 15) is 24.5 Å². The number of nitro groups is 1. The molecule has 172 valence electrons. The average molecular weight is 485 g/mol. The molecule has 11 heteroatoms. The molecular formula is C24H15N5O5S. The molecule has 2 aromatic heterocycles. The highest BCUT2D eigenvalue weighted by molar-refractivity contribution is 7.13. The predicted molar refractivity (Wildman–Crippen MR) is 128 cm³/mol. The molecule has 10 nitrogen and oxygen atoms in total. The first kappa shape index (κ1) is 22.0. The third-order valence-electron chi connectivity index (χ3n) is 5.31. The Labute approximate surface area is 202 Å². The monoisotopic (exact) mass is 485 g/mol. The molecule has 35 heavy (non-hydrogen) atoms. The number of aromatic nitrogens is 2. The Hall–Kier alpha value is -4.77. The zero-order chi connectivity index (χ0) is 24.5. The summed E-state index contributed by atoms with van der Waals surface area (Å²) in [5.41, 5.74) is 1.81. The van der Waals surface area contributed by atoms with Crippen molar-refractivity contribution in [3.05, 3.63) is 93.5 Å². The van der Waals surface area contributed by atoms with Crippen LogP contribution in [0.2, 0.25) is 0 Å². The van der Waals surface area contributed by atoms with Gasteiger partial charge < -0.3 is 5.32 Å². The van der Waals surface area contributed by atoms with Crippen molar-refractivity contribution in [1.29, 1.82) is 0 Å². The minimum atomic E-state index is -0.870. The largest absolute Gasteiger partial charge is 0.325 e. The number of rotatable bonds is 6. The first-order chi connectivity index (χ1) is 16.9. The van der Waals surface area contributed by atoms with E-state index in [2.05, 4.69) is 15.3 Å². The fourth-order valence-electron chi connectivity index (χ4n) is 3.73. The second-order valence-electron chi connectivity index (χ2n) is 7.54. The Morgan fingerprint density at radius 1 is 1.03 bits per heavy atom. The number of carbonyl (C=O) groups excluding carboxylic acids is 3. The lowest BCUT2D eigenvalue weighted by atomic mass is 10.1. The van der Waals surface area contributed by atoms with Crippen LogP contribution < -0.4 is 5.32 Å². The van der Waals surface area contributed by atoms with Crippen LogP contribution in [-0.2, 0) is 4.79 Å². The lowest BCUT2D eigenvalue weighted by Gasteiger charge is -2.14. The van der Waals surface area contributed by atoms with Crippen molar-refractivity contribution in [3.63, 3.8) is 0 Å². The van der Waals surface area contributed by atoms with Gasteiger partial charge in [0, 0.05) is 28.9 Å². The number of thiazole rings is 1. The number of hydrogen-bond acceptors (Lipinski definition) is 8. The van der Waals surface area contributed by atoms with E-state index in [1.807, 2.05) is 29.6 Å². The van der Waals surface area contributed by atoms with Gasteiger partial charge in [0.15, 0.2) is 0 Å². The van der Waals surface area contributed by atoms with Crippen LogP contribution in [0.1, 0.15) is 20.7 Å². The summed E-state index contributed by atoms with van der Waals surface area (Å²) in [5.74, 6) is -2.24. The number of benzene rings is 2. The van der Waals surface area contributed by atoms with Crippen LogP contribution in [-0.4, -0.2) is 44.1 Å². The van der Waals surface area contributed by atoms with Gasteiger partial charge in [-0.05, 0) is 30.3 Å². The van der Waals surface area contributed by atoms with Crippen LogP contribution in [0, 0.1) is 10.1 Å². The predicted octanol–water partition coefficient (Wildman–Crippen LogP) is 4.02. The third kappa shape index (κ3) is 4.15. The molecule has 4 aromatic rings. The summed E-state index contributed by atoms with van der Waals surface area (Å²) in [6.45, 7) is -0.575. The fraction of sp³-hybridized carbons (Fsp3) is 0.0417. The first-order valence-electron chi connectivity index (χ1n) is 10.3. The molecule has 0 saturated heterocycles. The van der Waals surface area contributed by atoms with E-state index in [1.165, 1.54) is 23.5 Å². The van der Waals surface area contributed by atoms with E-state index < -0.39 is 34.9 Å². The van der Waals surface area contributed by atoms with Gasteiger partial charge >= 0.3 is 0 Å². The van der Waals surface area contributed by atoms with Crippen LogP contribution in [0.4, 0.5) is 11.4 Å². The number of nitrogens with one attached hydrogen (secondary N) is 1. The number of amides is 3. The molecule has 5 rings (SSSR count). The Morgan fingerprint density at radius 3 is 2.63 bits per heavy atom. The van der Waals surface area contributed by atoms with Crippen LogP contribution in [0.5, 0.6) is 0 Å². The van der Waals surface area contributed by atoms with Crippen molar-refractivity contribution in [1.82, 2.24) is 14.9 Å². The normalized spacial score (nSPS) is 12.5. The number of nitrogens with zero attached hydrogens (tertiary/aromatic N) is 4. The Morgan fingerprint density at radius 2 is 1.86 bits per heavy atom. The molecule has 0 unspecified atom stereocenters. The van der Waals surface area contributed by atoms with E-state index in [4.69, 9.17) is 0 Å².